The van der Waals surface area contributed by atoms with Crippen molar-refractivity contribution in [3.05, 3.63) is 59.2 Å². The summed E-state index contributed by atoms with van der Waals surface area (Å²) in [6.45, 7) is 2.43. The number of halogens is 1. The minimum atomic E-state index is -0.632. The van der Waals surface area contributed by atoms with Crippen molar-refractivity contribution in [2.75, 3.05) is 26.9 Å². The largest absolute Gasteiger partial charge is 0.495 e. The van der Waals surface area contributed by atoms with E-state index in [-0.39, 0.29) is 5.91 Å². The molecule has 1 aromatic heterocycles. The fourth-order valence-electron chi connectivity index (χ4n) is 4.13. The average Bonchev–Trinajstić information content (AvgIpc) is 3.20. The molecule has 1 aliphatic heterocycles. The van der Waals surface area contributed by atoms with E-state index in [0.29, 0.717) is 43.4 Å². The molecule has 30 heavy (non-hydrogen) atoms. The Kier molecular flexibility index (Phi) is 6.25. The molecule has 0 unspecified atom stereocenters. The van der Waals surface area contributed by atoms with Gasteiger partial charge in [0.25, 0.3) is 0 Å². The van der Waals surface area contributed by atoms with Gasteiger partial charge in [-0.25, -0.2) is 0 Å². The molecule has 4 rings (SSSR count). The smallest absolute Gasteiger partial charge is 0.230 e. The Hall–Kier alpha value is -2.57. The van der Waals surface area contributed by atoms with Crippen LogP contribution in [0.5, 0.6) is 5.75 Å². The number of nitrogens with zero attached hydrogens (tertiary/aromatic N) is 2. The van der Waals surface area contributed by atoms with Gasteiger partial charge in [-0.1, -0.05) is 35.9 Å². The molecule has 0 atom stereocenters. The molecular formula is C23H26ClN3O3. The summed E-state index contributed by atoms with van der Waals surface area (Å²) < 4.78 is 12.8. The average molecular weight is 428 g/mol. The predicted molar refractivity (Wildman–Crippen MR) is 117 cm³/mol. The first-order valence-corrected chi connectivity index (χ1v) is 10.6. The maximum atomic E-state index is 13.3. The fraction of sp³-hybridized carbons (Fsp3) is 0.391. The summed E-state index contributed by atoms with van der Waals surface area (Å²) >= 11 is 6.35. The van der Waals surface area contributed by atoms with Gasteiger partial charge in [-0.05, 0) is 43.0 Å². The third-order valence-electron chi connectivity index (χ3n) is 5.87. The molecule has 6 nitrogen and oxygen atoms in total. The summed E-state index contributed by atoms with van der Waals surface area (Å²) in [5.41, 5.74) is 1.39. The lowest BCUT2D eigenvalue weighted by molar-refractivity contribution is -0.130. The van der Waals surface area contributed by atoms with Crippen LogP contribution < -0.4 is 10.1 Å². The van der Waals surface area contributed by atoms with Crippen LogP contribution in [0.2, 0.25) is 5.02 Å². The van der Waals surface area contributed by atoms with E-state index >= 15 is 0 Å². The molecule has 0 bridgehead atoms. The Morgan fingerprint density at radius 2 is 2.07 bits per heavy atom. The molecule has 1 amide bonds. The van der Waals surface area contributed by atoms with E-state index in [4.69, 9.17) is 21.1 Å². The summed E-state index contributed by atoms with van der Waals surface area (Å²) in [7, 11) is 1.58. The number of para-hydroxylation sites is 1. The Morgan fingerprint density at radius 3 is 2.83 bits per heavy atom. The SMILES string of the molecule is COc1ccc(C2(C(=O)NCCCn3ncc4ccccc43)CCOCC2)cc1Cl. The van der Waals surface area contributed by atoms with Crippen LogP contribution in [-0.4, -0.2) is 42.6 Å². The van der Waals surface area contributed by atoms with Crippen molar-refractivity contribution in [3.8, 4) is 5.75 Å². The van der Waals surface area contributed by atoms with Crippen molar-refractivity contribution in [2.24, 2.45) is 0 Å². The van der Waals surface area contributed by atoms with Crippen molar-refractivity contribution in [2.45, 2.75) is 31.2 Å². The second-order valence-corrected chi connectivity index (χ2v) is 7.99. The number of fused-ring (bicyclic) bond motifs is 1. The molecule has 7 heteroatoms. The molecular weight excluding hydrogens is 402 g/mol. The summed E-state index contributed by atoms with van der Waals surface area (Å²) in [6.07, 6.45) is 3.93. The number of carbonyl (C=O) groups is 1. The van der Waals surface area contributed by atoms with Gasteiger partial charge in [0.1, 0.15) is 5.75 Å². The molecule has 1 fully saturated rings. The third kappa shape index (κ3) is 4.02. The van der Waals surface area contributed by atoms with Gasteiger partial charge < -0.3 is 14.8 Å². The van der Waals surface area contributed by atoms with Gasteiger partial charge in [0.2, 0.25) is 5.91 Å². The number of rotatable bonds is 7. The number of ether oxygens (including phenoxy) is 2. The zero-order valence-electron chi connectivity index (χ0n) is 17.1. The molecule has 1 saturated heterocycles. The van der Waals surface area contributed by atoms with Crippen molar-refractivity contribution in [1.82, 2.24) is 15.1 Å². The zero-order valence-corrected chi connectivity index (χ0v) is 17.8. The van der Waals surface area contributed by atoms with E-state index in [1.165, 1.54) is 0 Å². The van der Waals surface area contributed by atoms with E-state index in [2.05, 4.69) is 22.5 Å². The monoisotopic (exact) mass is 427 g/mol. The fourth-order valence-corrected chi connectivity index (χ4v) is 4.39. The highest BCUT2D eigenvalue weighted by atomic mass is 35.5. The van der Waals surface area contributed by atoms with Crippen LogP contribution in [0.3, 0.4) is 0 Å². The van der Waals surface area contributed by atoms with Gasteiger partial charge in [-0.15, -0.1) is 0 Å². The van der Waals surface area contributed by atoms with Crippen LogP contribution in [0.1, 0.15) is 24.8 Å². The van der Waals surface area contributed by atoms with Crippen LogP contribution in [0, 0.1) is 0 Å². The minimum Gasteiger partial charge on any atom is -0.495 e. The summed E-state index contributed by atoms with van der Waals surface area (Å²) in [6, 6.07) is 13.7. The molecule has 0 saturated carbocycles. The summed E-state index contributed by atoms with van der Waals surface area (Å²) in [5.74, 6) is 0.631. The normalized spacial score (nSPS) is 15.8. The standard InChI is InChI=1S/C23H26ClN3O3/c1-29-21-8-7-18(15-19(21)24)23(9-13-30-14-10-23)22(28)25-11-4-12-27-20-6-3-2-5-17(20)16-26-27/h2-3,5-8,15-16H,4,9-14H2,1H3,(H,25,28). The number of nitrogens with one attached hydrogen (secondary N) is 1. The molecule has 3 aromatic rings. The van der Waals surface area contributed by atoms with E-state index in [0.717, 1.165) is 29.4 Å². The number of carbonyl (C=O) groups excluding carboxylic acids is 1. The molecule has 1 N–H and O–H groups in total. The predicted octanol–water partition coefficient (Wildman–Crippen LogP) is 3.95. The van der Waals surface area contributed by atoms with E-state index in [9.17, 15) is 4.79 Å². The molecule has 2 aromatic carbocycles. The van der Waals surface area contributed by atoms with Crippen LogP contribution >= 0.6 is 11.6 Å². The quantitative estimate of drug-likeness (QED) is 0.580. The summed E-state index contributed by atoms with van der Waals surface area (Å²) in [4.78, 5) is 13.3. The molecule has 0 aliphatic carbocycles. The first-order chi connectivity index (χ1) is 14.6. The minimum absolute atomic E-state index is 0.0253. The van der Waals surface area contributed by atoms with Gasteiger partial charge in [0.15, 0.2) is 0 Å². The molecule has 158 valence electrons. The third-order valence-corrected chi connectivity index (χ3v) is 6.16. The van der Waals surface area contributed by atoms with Gasteiger partial charge in [-0.2, -0.15) is 5.10 Å². The molecule has 0 radical (unpaired) electrons. The number of hydrogen-bond donors (Lipinski definition) is 1. The summed E-state index contributed by atoms with van der Waals surface area (Å²) in [5, 5.41) is 9.23. The van der Waals surface area contributed by atoms with E-state index < -0.39 is 5.41 Å². The second-order valence-electron chi connectivity index (χ2n) is 7.58. The number of benzene rings is 2. The highest BCUT2D eigenvalue weighted by molar-refractivity contribution is 6.32. The van der Waals surface area contributed by atoms with E-state index in [1.54, 1.807) is 7.11 Å². The number of hydrogen-bond acceptors (Lipinski definition) is 4. The van der Waals surface area contributed by atoms with Crippen molar-refractivity contribution in [1.29, 1.82) is 0 Å². The Labute approximate surface area is 181 Å². The van der Waals surface area contributed by atoms with Crippen LogP contribution in [0.4, 0.5) is 0 Å². The maximum absolute atomic E-state index is 13.3. The maximum Gasteiger partial charge on any atom is 0.230 e. The number of amides is 1. The molecule has 0 spiro atoms. The molecule has 2 heterocycles. The van der Waals surface area contributed by atoms with Gasteiger partial charge in [0.05, 0.1) is 29.3 Å². The lowest BCUT2D eigenvalue weighted by Gasteiger charge is -2.36. The lowest BCUT2D eigenvalue weighted by atomic mass is 9.73. The van der Waals surface area contributed by atoms with Gasteiger partial charge in [0, 0.05) is 31.7 Å². The van der Waals surface area contributed by atoms with Crippen LogP contribution in [-0.2, 0) is 21.5 Å². The number of aromatic nitrogens is 2. The van der Waals surface area contributed by atoms with Crippen molar-refractivity contribution in [3.63, 3.8) is 0 Å². The first-order valence-electron chi connectivity index (χ1n) is 10.2. The Morgan fingerprint density at radius 1 is 1.27 bits per heavy atom. The van der Waals surface area contributed by atoms with E-state index in [1.807, 2.05) is 41.2 Å². The lowest BCUT2D eigenvalue weighted by Crippen LogP contribution is -2.48. The number of aryl methyl sites for hydroxylation is 1. The van der Waals surface area contributed by atoms with Crippen LogP contribution in [0.15, 0.2) is 48.7 Å². The highest BCUT2D eigenvalue weighted by Gasteiger charge is 2.41. The zero-order chi connectivity index (χ0) is 21.0. The van der Waals surface area contributed by atoms with Gasteiger partial charge >= 0.3 is 0 Å². The number of methoxy groups -OCH3 is 1. The van der Waals surface area contributed by atoms with Crippen molar-refractivity contribution >= 4 is 28.4 Å². The first kappa shape index (κ1) is 20.7. The van der Waals surface area contributed by atoms with Crippen molar-refractivity contribution < 1.29 is 14.3 Å². The second kappa shape index (κ2) is 9.06. The Bertz CT molecular complexity index is 1030. The topological polar surface area (TPSA) is 65.4 Å². The Balaban J connectivity index is 1.43. The van der Waals surface area contributed by atoms with Gasteiger partial charge in [-0.3, -0.25) is 9.48 Å². The molecule has 1 aliphatic rings. The highest BCUT2D eigenvalue weighted by Crippen LogP contribution is 2.38. The van der Waals surface area contributed by atoms with Crippen LogP contribution in [0.25, 0.3) is 10.9 Å².